The number of oxime groups is 1. The van der Waals surface area contributed by atoms with Crippen molar-refractivity contribution in [2.75, 3.05) is 13.7 Å². The van der Waals surface area contributed by atoms with Gasteiger partial charge in [-0.3, -0.25) is 0 Å². The van der Waals surface area contributed by atoms with Gasteiger partial charge in [-0.05, 0) is 48.6 Å². The molecule has 1 aromatic heterocycles. The number of ether oxygens (including phenoxy) is 2. The maximum atomic E-state index is 9.10. The maximum absolute atomic E-state index is 9.10. The van der Waals surface area contributed by atoms with Crippen LogP contribution in [-0.2, 0) is 21.5 Å². The lowest BCUT2D eigenvalue weighted by Crippen LogP contribution is -2.35. The third-order valence-corrected chi connectivity index (χ3v) is 7.10. The van der Waals surface area contributed by atoms with Gasteiger partial charge in [0.25, 0.3) is 0 Å². The molecule has 1 aliphatic rings. The quantitative estimate of drug-likeness (QED) is 0.426. The Morgan fingerprint density at radius 3 is 2.96 bits per heavy atom. The summed E-state index contributed by atoms with van der Waals surface area (Å²) in [5, 5.41) is 23.5. The monoisotopic (exact) mass is 402 g/mol. The Balaban J connectivity index is 1.85. The predicted molar refractivity (Wildman–Crippen MR) is 107 cm³/mol. The summed E-state index contributed by atoms with van der Waals surface area (Å²) >= 11 is 3.34. The van der Waals surface area contributed by atoms with E-state index < -0.39 is 0 Å². The summed E-state index contributed by atoms with van der Waals surface area (Å²) in [6, 6.07) is 10.2. The van der Waals surface area contributed by atoms with Gasteiger partial charge >= 0.3 is 0 Å². The largest absolute Gasteiger partial charge is 0.411 e. The molecule has 2 unspecified atom stereocenters. The fourth-order valence-corrected chi connectivity index (χ4v) is 5.56. The molecule has 3 rings (SSSR count). The van der Waals surface area contributed by atoms with Crippen molar-refractivity contribution in [1.29, 1.82) is 5.26 Å². The van der Waals surface area contributed by atoms with Gasteiger partial charge in [0, 0.05) is 24.0 Å². The number of benzene rings is 1. The normalized spacial score (nSPS) is 22.7. The number of hydrogen-bond acceptors (Lipinski definition) is 7. The van der Waals surface area contributed by atoms with E-state index in [1.165, 1.54) is 0 Å². The number of thiophene rings is 1. The molecule has 2 atom stereocenters. The van der Waals surface area contributed by atoms with Crippen LogP contribution in [0.3, 0.4) is 0 Å². The molecule has 0 aliphatic carbocycles. The minimum Gasteiger partial charge on any atom is -0.411 e. The molecule has 0 radical (unpaired) electrons. The summed E-state index contributed by atoms with van der Waals surface area (Å²) in [5.74, 6) is 0. The van der Waals surface area contributed by atoms with Crippen molar-refractivity contribution in [2.24, 2.45) is 5.16 Å². The van der Waals surface area contributed by atoms with Crippen molar-refractivity contribution in [3.8, 4) is 6.07 Å². The van der Waals surface area contributed by atoms with Crippen LogP contribution in [0.15, 0.2) is 43.9 Å². The second-order valence-electron chi connectivity index (χ2n) is 6.45. The zero-order chi connectivity index (χ0) is 19.4. The molecule has 0 saturated carbocycles. The second-order valence-corrected chi connectivity index (χ2v) is 8.74. The highest BCUT2D eigenvalue weighted by Crippen LogP contribution is 2.43. The zero-order valence-corrected chi connectivity index (χ0v) is 17.2. The van der Waals surface area contributed by atoms with Gasteiger partial charge in [0.05, 0.1) is 35.1 Å². The van der Waals surface area contributed by atoms with Gasteiger partial charge in [-0.2, -0.15) is 5.26 Å². The first kappa shape index (κ1) is 19.9. The number of nitrogens with zero attached hydrogens (tertiary/aromatic N) is 2. The summed E-state index contributed by atoms with van der Waals surface area (Å²) in [5.41, 5.74) is 2.94. The summed E-state index contributed by atoms with van der Waals surface area (Å²) in [4.78, 5) is 1.05. The van der Waals surface area contributed by atoms with E-state index >= 15 is 0 Å². The van der Waals surface area contributed by atoms with E-state index in [1.807, 2.05) is 18.2 Å². The van der Waals surface area contributed by atoms with Gasteiger partial charge in [-0.15, -0.1) is 11.3 Å². The van der Waals surface area contributed by atoms with Gasteiger partial charge in [-0.1, -0.05) is 23.0 Å². The van der Waals surface area contributed by atoms with Gasteiger partial charge in [0.2, 0.25) is 0 Å². The molecule has 1 saturated heterocycles. The van der Waals surface area contributed by atoms with Gasteiger partial charge in [-0.25, -0.2) is 0 Å². The Morgan fingerprint density at radius 1 is 1.52 bits per heavy atom. The highest BCUT2D eigenvalue weighted by molar-refractivity contribution is 8.01. The molecule has 27 heavy (non-hydrogen) atoms. The molecule has 7 heteroatoms. The van der Waals surface area contributed by atoms with Gasteiger partial charge in [0.15, 0.2) is 0 Å². The molecule has 142 valence electrons. The van der Waals surface area contributed by atoms with Crippen LogP contribution in [0.1, 0.15) is 37.0 Å². The Labute approximate surface area is 167 Å². The predicted octanol–water partition coefficient (Wildman–Crippen LogP) is 4.81. The number of rotatable bonds is 6. The van der Waals surface area contributed by atoms with Crippen molar-refractivity contribution in [3.63, 3.8) is 0 Å². The molecule has 0 spiro atoms. The molecule has 0 amide bonds. The average Bonchev–Trinajstić information content (AvgIpc) is 3.28. The Kier molecular flexibility index (Phi) is 6.22. The zero-order valence-electron chi connectivity index (χ0n) is 15.6. The lowest BCUT2D eigenvalue weighted by atomic mass is 9.90. The van der Waals surface area contributed by atoms with Gasteiger partial charge < -0.3 is 14.7 Å². The van der Waals surface area contributed by atoms with Crippen LogP contribution in [-0.4, -0.2) is 30.7 Å². The number of nitriles is 1. The van der Waals surface area contributed by atoms with Crippen molar-refractivity contribution in [1.82, 2.24) is 0 Å². The van der Waals surface area contributed by atoms with Gasteiger partial charge in [0.1, 0.15) is 5.60 Å². The molecule has 2 heterocycles. The highest BCUT2D eigenvalue weighted by atomic mass is 32.2. The molecule has 5 nitrogen and oxygen atoms in total. The van der Waals surface area contributed by atoms with Crippen molar-refractivity contribution >= 4 is 28.8 Å². The van der Waals surface area contributed by atoms with Crippen LogP contribution >= 0.6 is 23.1 Å². The summed E-state index contributed by atoms with van der Waals surface area (Å²) in [6.07, 6.45) is 1.15. The topological polar surface area (TPSA) is 74.8 Å². The molecular weight excluding hydrogens is 380 g/mol. The first-order chi connectivity index (χ1) is 13.0. The molecule has 1 fully saturated rings. The molecule has 0 bridgehead atoms. The summed E-state index contributed by atoms with van der Waals surface area (Å²) in [6.45, 7) is 4.49. The van der Waals surface area contributed by atoms with E-state index in [-0.39, 0.29) is 18.1 Å². The lowest BCUT2D eigenvalue weighted by molar-refractivity contribution is -0.0645. The van der Waals surface area contributed by atoms with Crippen molar-refractivity contribution in [3.05, 3.63) is 46.3 Å². The van der Waals surface area contributed by atoms with Crippen LogP contribution in [0.4, 0.5) is 0 Å². The standard InChI is InChI=1S/C20H22N2O3S2/c1-13(22-23)18-5-4-17(10-15(18)6-8-21)27-19-11-16(12-26-19)20(24-3)7-9-25-14(20)2/h4-5,10-12,14,23H,6-7,9H2,1-3H3/b22-13+. The maximum Gasteiger partial charge on any atom is 0.121 e. The van der Waals surface area contributed by atoms with E-state index in [2.05, 4.69) is 29.6 Å². The van der Waals surface area contributed by atoms with Crippen LogP contribution in [0.5, 0.6) is 0 Å². The number of methoxy groups -OCH3 is 1. The Hall–Kier alpha value is -1.85. The number of hydrogen-bond donors (Lipinski definition) is 1. The SMILES string of the molecule is COC1(c2csc(Sc3ccc(/C(C)=N/O)c(CC#N)c3)c2)CCOC1C. The molecule has 2 aromatic rings. The third-order valence-electron chi connectivity index (χ3n) is 5.03. The summed E-state index contributed by atoms with van der Waals surface area (Å²) in [7, 11) is 1.74. The van der Waals surface area contributed by atoms with E-state index in [4.69, 9.17) is 19.9 Å². The smallest absolute Gasteiger partial charge is 0.121 e. The van der Waals surface area contributed by atoms with Crippen LogP contribution in [0.2, 0.25) is 0 Å². The van der Waals surface area contributed by atoms with Crippen LogP contribution < -0.4 is 0 Å². The van der Waals surface area contributed by atoms with Crippen molar-refractivity contribution in [2.45, 2.75) is 47.5 Å². The van der Waals surface area contributed by atoms with E-state index in [0.29, 0.717) is 12.3 Å². The molecular formula is C20H22N2O3S2. The minimum atomic E-state index is -0.375. The first-order valence-electron chi connectivity index (χ1n) is 8.66. The van der Waals surface area contributed by atoms with Crippen LogP contribution in [0, 0.1) is 11.3 Å². The van der Waals surface area contributed by atoms with Crippen molar-refractivity contribution < 1.29 is 14.7 Å². The lowest BCUT2D eigenvalue weighted by Gasteiger charge is -2.30. The third kappa shape index (κ3) is 3.90. The van der Waals surface area contributed by atoms with Crippen LogP contribution in [0.25, 0.3) is 0 Å². The fraction of sp³-hybridized carbons (Fsp3) is 0.400. The van der Waals surface area contributed by atoms with E-state index in [9.17, 15) is 0 Å². The highest BCUT2D eigenvalue weighted by Gasteiger charge is 2.44. The average molecular weight is 403 g/mol. The second kappa shape index (κ2) is 8.44. The molecule has 1 N–H and O–H groups in total. The fourth-order valence-electron chi connectivity index (χ4n) is 3.47. The first-order valence-corrected chi connectivity index (χ1v) is 10.4. The summed E-state index contributed by atoms with van der Waals surface area (Å²) < 4.78 is 12.8. The molecule has 1 aromatic carbocycles. The Morgan fingerprint density at radius 2 is 2.33 bits per heavy atom. The van der Waals surface area contributed by atoms with E-state index in [0.717, 1.165) is 32.2 Å². The molecule has 1 aliphatic heterocycles. The Bertz CT molecular complexity index is 888. The minimum absolute atomic E-state index is 0.0252. The van der Waals surface area contributed by atoms with E-state index in [1.54, 1.807) is 37.1 Å².